The summed E-state index contributed by atoms with van der Waals surface area (Å²) in [7, 11) is 0. The summed E-state index contributed by atoms with van der Waals surface area (Å²) in [5.41, 5.74) is 0. The van der Waals surface area contributed by atoms with Gasteiger partial charge in [0.2, 0.25) is 0 Å². The molecule has 0 bridgehead atoms. The molecule has 0 aliphatic heterocycles. The van der Waals surface area contributed by atoms with Gasteiger partial charge in [0.1, 0.15) is 0 Å². The summed E-state index contributed by atoms with van der Waals surface area (Å²) < 4.78 is 16.6. The van der Waals surface area contributed by atoms with Crippen molar-refractivity contribution >= 4 is 11.6 Å². The van der Waals surface area contributed by atoms with Crippen molar-refractivity contribution < 1.29 is 14.6 Å². The molecule has 4 heteroatoms. The molecule has 0 unspecified atom stereocenters. The number of hydrogen-bond donors (Lipinski definition) is 0. The molecule has 0 aromatic heterocycles. The van der Waals surface area contributed by atoms with Gasteiger partial charge in [-0.3, -0.25) is 0 Å². The zero-order valence-corrected chi connectivity index (χ0v) is 2.75. The molecule has 0 aliphatic carbocycles. The molecule has 0 saturated carbocycles. The fourth-order valence-corrected chi connectivity index (χ4v) is 0. The van der Waals surface area contributed by atoms with Crippen LogP contribution in [0, 0.1) is 6.15 Å². The monoisotopic (exact) mass is 68.0 g/mol. The molecule has 0 N–H and O–H groups in total. The van der Waals surface area contributed by atoms with Gasteiger partial charge in [-0.25, -0.2) is 0 Å². The van der Waals surface area contributed by atoms with E-state index >= 15 is 0 Å². The molecule has 0 aromatic carbocycles. The van der Waals surface area contributed by atoms with E-state index < -0.39 is 11.6 Å². The van der Waals surface area contributed by atoms with E-state index in [1.807, 2.05) is 0 Å². The van der Waals surface area contributed by atoms with Gasteiger partial charge in [0.25, 0.3) is 0 Å². The molecule has 0 atom stereocenters. The van der Waals surface area contributed by atoms with E-state index in [0.717, 1.165) is 0 Å². The molecule has 0 saturated heterocycles. The molecule has 0 radical (unpaired) electrons. The van der Waals surface area contributed by atoms with Crippen LogP contribution in [-0.4, -0.2) is 8.42 Å². The van der Waals surface area contributed by atoms with Crippen molar-refractivity contribution in [1.29, 1.82) is 0 Å². The van der Waals surface area contributed by atoms with Gasteiger partial charge < -0.3 is 0 Å². The second-order valence-electron chi connectivity index (χ2n) is 0.0680. The predicted molar refractivity (Wildman–Crippen MR) is 8.92 cm³/mol. The van der Waals surface area contributed by atoms with Gasteiger partial charge in [-0.05, 0) is 0 Å². The van der Waals surface area contributed by atoms with Crippen molar-refractivity contribution in [1.82, 2.24) is 0 Å². The van der Waals surface area contributed by atoms with Crippen LogP contribution in [0.5, 0.6) is 0 Å². The van der Waals surface area contributed by atoms with Crippen LogP contribution in [-0.2, 0) is 11.6 Å². The van der Waals surface area contributed by atoms with Gasteiger partial charge in [0.15, 0.2) is 0 Å². The van der Waals surface area contributed by atoms with E-state index in [2.05, 4.69) is 0 Å². The van der Waals surface area contributed by atoms with Crippen LogP contribution in [0.15, 0.2) is 0 Å². The topological polar surface area (TPSA) is 34.1 Å². The zero-order valence-electron chi connectivity index (χ0n) is 1.93. The second-order valence-corrected chi connectivity index (χ2v) is 0.204. The van der Waals surface area contributed by atoms with Crippen molar-refractivity contribution in [3.8, 4) is 0 Å². The molecular weight excluding hydrogens is 68.1 g/mol. The fraction of sp³-hybridized carbons (Fsp3) is 0. The first kappa shape index (κ1) is 9.29. The molecule has 0 heterocycles. The van der Waals surface area contributed by atoms with Gasteiger partial charge in [0, 0.05) is 6.15 Å². The Labute approximate surface area is 27.2 Å². The largest absolute Gasteiger partial charge is 0.335 e. The third kappa shape index (κ3) is 12.5. The minimum absolute atomic E-state index is 0. The molecule has 4 heavy (non-hydrogen) atoms. The van der Waals surface area contributed by atoms with E-state index in [-0.39, 0.29) is 6.15 Å². The maximum Gasteiger partial charge on any atom is 0.335 e. The van der Waals surface area contributed by atoms with Gasteiger partial charge >= 0.3 is 11.6 Å². The van der Waals surface area contributed by atoms with E-state index in [1.165, 1.54) is 0 Å². The van der Waals surface area contributed by atoms with Crippen molar-refractivity contribution in [3.05, 3.63) is 0 Å². The summed E-state index contributed by atoms with van der Waals surface area (Å²) in [6, 6.07) is 0. The Morgan fingerprint density at radius 3 is 1.25 bits per heavy atom. The smallest absolute Gasteiger partial charge is 0.168 e. The van der Waals surface area contributed by atoms with E-state index in [1.54, 1.807) is 0 Å². The second kappa shape index (κ2) is 15.3. The number of rotatable bonds is 0. The van der Waals surface area contributed by atoms with Crippen LogP contribution >= 0.6 is 0 Å². The average molecular weight is 68.1 g/mol. The fourth-order valence-electron chi connectivity index (χ4n) is 0. The summed E-state index contributed by atoms with van der Waals surface area (Å²) in [6.45, 7) is 0. The van der Waals surface area contributed by atoms with Crippen molar-refractivity contribution in [2.45, 2.75) is 0 Å². The summed E-state index contributed by atoms with van der Waals surface area (Å²) >= 11 is -0.750. The van der Waals surface area contributed by atoms with Crippen LogP contribution in [0.4, 0.5) is 0 Å². The summed E-state index contributed by atoms with van der Waals surface area (Å²) in [4.78, 5) is 0. The number of hydrogen-bond acceptors (Lipinski definition) is 2. The quantitative estimate of drug-likeness (QED) is 0.377. The van der Waals surface area contributed by atoms with Gasteiger partial charge in [-0.2, -0.15) is 8.42 Å². The molecule has 0 fully saturated rings. The van der Waals surface area contributed by atoms with Crippen LogP contribution in [0.25, 0.3) is 0 Å². The molecule has 2 nitrogen and oxygen atoms in total. The third-order valence-corrected chi connectivity index (χ3v) is 0. The maximum absolute atomic E-state index is 8.29. The molecule has 0 rings (SSSR count). The van der Waals surface area contributed by atoms with Crippen LogP contribution in [0.1, 0.15) is 0 Å². The Kier molecular flexibility index (Phi) is 35.6. The molecule has 0 spiro atoms. The summed E-state index contributed by atoms with van der Waals surface area (Å²) in [5, 5.41) is 0. The first-order valence-corrected chi connectivity index (χ1v) is 1.00. The van der Waals surface area contributed by atoms with E-state index in [4.69, 9.17) is 8.42 Å². The summed E-state index contributed by atoms with van der Waals surface area (Å²) in [5.74, 6) is 0. The van der Waals surface area contributed by atoms with Crippen LogP contribution in [0.3, 0.4) is 0 Å². The normalized spacial score (nSPS) is 3.00. The SMILES string of the molecule is O=S=O.[He]. The summed E-state index contributed by atoms with van der Waals surface area (Å²) in [6.07, 6.45) is 0. The Hall–Kier alpha value is -0.271. The van der Waals surface area contributed by atoms with Gasteiger partial charge in [-0.15, -0.1) is 0 Å². The molecule has 0 aliphatic rings. The maximum atomic E-state index is 8.29. The van der Waals surface area contributed by atoms with Crippen LogP contribution in [0.2, 0.25) is 0 Å². The minimum atomic E-state index is -0.750. The van der Waals surface area contributed by atoms with Crippen molar-refractivity contribution in [2.24, 2.45) is 0 Å². The zero-order chi connectivity index (χ0) is 2.71. The van der Waals surface area contributed by atoms with E-state index in [9.17, 15) is 0 Å². The third-order valence-electron chi connectivity index (χ3n) is 0. The average Bonchev–Trinajstić information content (AvgIpc) is 0.918. The first-order chi connectivity index (χ1) is 1.41. The van der Waals surface area contributed by atoms with Crippen molar-refractivity contribution in [2.75, 3.05) is 0 Å². The van der Waals surface area contributed by atoms with Crippen molar-refractivity contribution in [3.63, 3.8) is 0 Å². The standard InChI is InChI=1S/He.O2S/c;1-3-2. The van der Waals surface area contributed by atoms with Crippen LogP contribution < -0.4 is 0 Å². The minimum Gasteiger partial charge on any atom is -0.168 e. The Bertz CT molecular complexity index is 27.0. The Morgan fingerprint density at radius 2 is 1.25 bits per heavy atom. The molecule has 0 aromatic rings. The first-order valence-electron chi connectivity index (χ1n) is 0.333. The molecule has 0 amide bonds. The van der Waals surface area contributed by atoms with Gasteiger partial charge in [-0.1, -0.05) is 0 Å². The molecule has 20 valence electrons. The molecular formula is HeO2S. The Morgan fingerprint density at radius 1 is 1.25 bits per heavy atom. The predicted octanol–water partition coefficient (Wildman–Crippen LogP) is -0.670. The van der Waals surface area contributed by atoms with E-state index in [0.29, 0.717) is 0 Å². The Balaban J connectivity index is 0. The van der Waals surface area contributed by atoms with Gasteiger partial charge in [0.05, 0.1) is 0 Å².